The third kappa shape index (κ3) is 2.73. The summed E-state index contributed by atoms with van der Waals surface area (Å²) in [7, 11) is 1.52. The molecule has 0 radical (unpaired) electrons. The van der Waals surface area contributed by atoms with Crippen molar-refractivity contribution in [1.29, 1.82) is 0 Å². The number of rotatable bonds is 5. The van der Waals surface area contributed by atoms with Crippen LogP contribution >= 0.6 is 0 Å². The third-order valence-corrected chi connectivity index (χ3v) is 2.81. The summed E-state index contributed by atoms with van der Waals surface area (Å²) >= 11 is 0. The third-order valence-electron chi connectivity index (χ3n) is 2.81. The summed E-state index contributed by atoms with van der Waals surface area (Å²) in [5.74, 6) is -5.70. The van der Waals surface area contributed by atoms with E-state index < -0.39 is 30.4 Å². The molecule has 0 atom stereocenters. The minimum atomic E-state index is -4.28. The van der Waals surface area contributed by atoms with Gasteiger partial charge in [0.05, 0.1) is 23.8 Å². The Labute approximate surface area is 115 Å². The number of aromatic carboxylic acids is 1. The molecule has 2 aromatic heterocycles. The molecule has 0 bridgehead atoms. The molecular weight excluding hydrogens is 296 g/mol. The van der Waals surface area contributed by atoms with E-state index in [9.17, 15) is 22.4 Å². The van der Waals surface area contributed by atoms with Crippen LogP contribution in [0.1, 0.15) is 10.4 Å². The second kappa shape index (κ2) is 5.19. The molecule has 6 nitrogen and oxygen atoms in total. The van der Waals surface area contributed by atoms with Gasteiger partial charge in [0.2, 0.25) is 0 Å². The lowest BCUT2D eigenvalue weighted by Crippen LogP contribution is -2.35. The molecule has 0 saturated heterocycles. The highest BCUT2D eigenvalue weighted by molar-refractivity contribution is 6.03. The van der Waals surface area contributed by atoms with Gasteiger partial charge < -0.3 is 10.4 Å². The number of carbonyl (C=O) groups is 1. The van der Waals surface area contributed by atoms with E-state index >= 15 is 0 Å². The number of aromatic nitrogens is 3. The fraction of sp³-hybridized carbons (Fsp3) is 0.364. The number of nitrogens with zero attached hydrogens (tertiary/aromatic N) is 3. The van der Waals surface area contributed by atoms with Crippen molar-refractivity contribution in [2.24, 2.45) is 7.05 Å². The fourth-order valence-electron chi connectivity index (χ4n) is 1.73. The lowest BCUT2D eigenvalue weighted by atomic mass is 10.1. The quantitative estimate of drug-likeness (QED) is 0.826. The van der Waals surface area contributed by atoms with Crippen molar-refractivity contribution in [2.75, 3.05) is 11.9 Å². The maximum absolute atomic E-state index is 13.0. The van der Waals surface area contributed by atoms with E-state index in [0.29, 0.717) is 0 Å². The Kier molecular flexibility index (Phi) is 3.71. The first-order valence-corrected chi connectivity index (χ1v) is 5.68. The van der Waals surface area contributed by atoms with E-state index in [1.54, 1.807) is 0 Å². The number of alkyl halides is 4. The highest BCUT2D eigenvalue weighted by Crippen LogP contribution is 2.28. The summed E-state index contributed by atoms with van der Waals surface area (Å²) in [6.45, 7) is -1.40. The Morgan fingerprint density at radius 1 is 1.48 bits per heavy atom. The number of fused-ring (bicyclic) bond motifs is 1. The van der Waals surface area contributed by atoms with Gasteiger partial charge in [-0.15, -0.1) is 0 Å². The van der Waals surface area contributed by atoms with E-state index in [0.717, 1.165) is 6.20 Å². The first-order valence-electron chi connectivity index (χ1n) is 5.68. The summed E-state index contributed by atoms with van der Waals surface area (Å²) in [5.41, 5.74) is -0.385. The standard InChI is InChI=1S/C11H10F4N4O2/c1-19-8-5(3-18-19)7(6(2-16-8)9(20)21)17-4-11(14,15)10(12)13/h2-3,10H,4H2,1H3,(H,16,17)(H,20,21). The maximum atomic E-state index is 13.0. The molecule has 0 unspecified atom stereocenters. The van der Waals surface area contributed by atoms with Crippen LogP contribution in [0.15, 0.2) is 12.4 Å². The summed E-state index contributed by atoms with van der Waals surface area (Å²) in [6.07, 6.45) is -1.68. The van der Waals surface area contributed by atoms with Gasteiger partial charge in [-0.1, -0.05) is 0 Å². The summed E-state index contributed by atoms with van der Waals surface area (Å²) in [5, 5.41) is 15.1. The minimum Gasteiger partial charge on any atom is -0.478 e. The topological polar surface area (TPSA) is 80.0 Å². The van der Waals surface area contributed by atoms with Crippen molar-refractivity contribution in [1.82, 2.24) is 14.8 Å². The Balaban J connectivity index is 2.45. The summed E-state index contributed by atoms with van der Waals surface area (Å²) < 4.78 is 51.6. The van der Waals surface area contributed by atoms with Crippen molar-refractivity contribution in [3.8, 4) is 0 Å². The van der Waals surface area contributed by atoms with Crippen LogP contribution in [0.25, 0.3) is 11.0 Å². The van der Waals surface area contributed by atoms with Crippen molar-refractivity contribution < 1.29 is 27.5 Å². The first-order chi connectivity index (χ1) is 9.74. The van der Waals surface area contributed by atoms with Crippen molar-refractivity contribution in [3.63, 3.8) is 0 Å². The number of aryl methyl sites for hydroxylation is 1. The molecule has 0 amide bonds. The highest BCUT2D eigenvalue weighted by atomic mass is 19.3. The molecule has 0 aromatic carbocycles. The smallest absolute Gasteiger partial charge is 0.339 e. The summed E-state index contributed by atoms with van der Waals surface area (Å²) in [6, 6.07) is 0. The van der Waals surface area contributed by atoms with Gasteiger partial charge in [-0.25, -0.2) is 18.6 Å². The van der Waals surface area contributed by atoms with Gasteiger partial charge in [0.25, 0.3) is 0 Å². The predicted octanol–water partition coefficient (Wildman–Crippen LogP) is 1.98. The Bertz CT molecular complexity index is 686. The number of halogens is 4. The van der Waals surface area contributed by atoms with E-state index in [1.165, 1.54) is 17.9 Å². The van der Waals surface area contributed by atoms with Gasteiger partial charge >= 0.3 is 18.3 Å². The number of anilines is 1. The van der Waals surface area contributed by atoms with Crippen LogP contribution in [0.3, 0.4) is 0 Å². The average molecular weight is 306 g/mol. The molecule has 0 aliphatic rings. The van der Waals surface area contributed by atoms with Gasteiger partial charge in [0.15, 0.2) is 5.65 Å². The molecule has 2 N–H and O–H groups in total. The van der Waals surface area contributed by atoms with E-state index in [4.69, 9.17) is 5.11 Å². The predicted molar refractivity (Wildman–Crippen MR) is 64.9 cm³/mol. The second-order valence-electron chi connectivity index (χ2n) is 4.27. The monoisotopic (exact) mass is 306 g/mol. The SMILES string of the molecule is Cn1ncc2c(NCC(F)(F)C(F)F)c(C(=O)O)cnc21. The van der Waals surface area contributed by atoms with Crippen LogP contribution in [0, 0.1) is 0 Å². The number of hydrogen-bond donors (Lipinski definition) is 2. The minimum absolute atomic E-state index is 0.155. The molecule has 2 aromatic rings. The van der Waals surface area contributed by atoms with Gasteiger partial charge in [0, 0.05) is 13.2 Å². The van der Waals surface area contributed by atoms with Gasteiger partial charge in [-0.3, -0.25) is 4.68 Å². The van der Waals surface area contributed by atoms with Crippen LogP contribution in [-0.4, -0.2) is 44.7 Å². The zero-order chi connectivity index (χ0) is 15.8. The van der Waals surface area contributed by atoms with Crippen molar-refractivity contribution >= 4 is 22.7 Å². The summed E-state index contributed by atoms with van der Waals surface area (Å²) in [4.78, 5) is 14.9. The van der Waals surface area contributed by atoms with Gasteiger partial charge in [-0.2, -0.15) is 13.9 Å². The molecule has 0 saturated carbocycles. The number of nitrogens with one attached hydrogen (secondary N) is 1. The van der Waals surface area contributed by atoms with Crippen molar-refractivity contribution in [2.45, 2.75) is 12.3 Å². The van der Waals surface area contributed by atoms with Gasteiger partial charge in [0.1, 0.15) is 5.56 Å². The molecule has 0 spiro atoms. The molecule has 0 aliphatic heterocycles. The van der Waals surface area contributed by atoms with Crippen molar-refractivity contribution in [3.05, 3.63) is 18.0 Å². The molecule has 21 heavy (non-hydrogen) atoms. The Morgan fingerprint density at radius 3 is 2.71 bits per heavy atom. The van der Waals surface area contributed by atoms with E-state index in [2.05, 4.69) is 15.4 Å². The number of hydrogen-bond acceptors (Lipinski definition) is 4. The zero-order valence-electron chi connectivity index (χ0n) is 10.6. The maximum Gasteiger partial charge on any atom is 0.339 e. The Hall–Kier alpha value is -2.39. The van der Waals surface area contributed by atoms with Crippen LogP contribution < -0.4 is 5.32 Å². The molecule has 10 heteroatoms. The number of pyridine rings is 1. The Morgan fingerprint density at radius 2 is 2.14 bits per heavy atom. The number of carboxylic acids is 1. The average Bonchev–Trinajstić information content (AvgIpc) is 2.77. The molecule has 2 heterocycles. The molecule has 114 valence electrons. The zero-order valence-corrected chi connectivity index (χ0v) is 10.6. The molecule has 0 fully saturated rings. The van der Waals surface area contributed by atoms with Crippen LogP contribution in [0.5, 0.6) is 0 Å². The van der Waals surface area contributed by atoms with Gasteiger partial charge in [-0.05, 0) is 0 Å². The fourth-order valence-corrected chi connectivity index (χ4v) is 1.73. The van der Waals surface area contributed by atoms with Crippen LogP contribution in [0.4, 0.5) is 23.2 Å². The van der Waals surface area contributed by atoms with E-state index in [-0.39, 0.29) is 16.7 Å². The molecular formula is C11H10F4N4O2. The largest absolute Gasteiger partial charge is 0.478 e. The second-order valence-corrected chi connectivity index (χ2v) is 4.27. The lowest BCUT2D eigenvalue weighted by Gasteiger charge is -2.17. The molecule has 0 aliphatic carbocycles. The lowest BCUT2D eigenvalue weighted by molar-refractivity contribution is -0.117. The first kappa shape index (κ1) is 15.0. The van der Waals surface area contributed by atoms with Crippen LogP contribution in [0.2, 0.25) is 0 Å². The highest BCUT2D eigenvalue weighted by Gasteiger charge is 2.40. The number of carboxylic acid groups (broad SMARTS) is 1. The van der Waals surface area contributed by atoms with E-state index in [1.807, 2.05) is 0 Å². The normalized spacial score (nSPS) is 12.1. The molecule has 2 rings (SSSR count). The van der Waals surface area contributed by atoms with Crippen LogP contribution in [-0.2, 0) is 7.05 Å².